The van der Waals surface area contributed by atoms with Gasteiger partial charge >= 0.3 is 0 Å². The van der Waals surface area contributed by atoms with E-state index in [0.29, 0.717) is 35.1 Å². The lowest BCUT2D eigenvalue weighted by molar-refractivity contribution is 0.0911. The minimum atomic E-state index is -0.113. The summed E-state index contributed by atoms with van der Waals surface area (Å²) in [5.41, 5.74) is 7.80. The van der Waals surface area contributed by atoms with E-state index in [1.54, 1.807) is 12.1 Å². The highest BCUT2D eigenvalue weighted by Crippen LogP contribution is 2.36. The van der Waals surface area contributed by atoms with Crippen molar-refractivity contribution >= 4 is 34.8 Å². The van der Waals surface area contributed by atoms with Crippen molar-refractivity contribution in [3.63, 3.8) is 0 Å². The average molecular weight is 317 g/mol. The zero-order valence-electron chi connectivity index (χ0n) is 12.5. The Kier molecular flexibility index (Phi) is 3.53. The molecule has 0 unspecified atom stereocenters. The lowest BCUT2D eigenvalue weighted by atomic mass is 9.76. The second kappa shape index (κ2) is 5.25. The predicted molar refractivity (Wildman–Crippen MR) is 87.6 cm³/mol. The summed E-state index contributed by atoms with van der Waals surface area (Å²) in [4.78, 5) is 20.9. The summed E-state index contributed by atoms with van der Waals surface area (Å²) in [5.74, 6) is 0.622. The van der Waals surface area contributed by atoms with Crippen LogP contribution in [0, 0.1) is 5.41 Å². The molecule has 3 rings (SSSR count). The summed E-state index contributed by atoms with van der Waals surface area (Å²) < 4.78 is 0. The molecule has 0 amide bonds. The van der Waals surface area contributed by atoms with E-state index in [9.17, 15) is 4.79 Å². The molecule has 6 heteroatoms. The van der Waals surface area contributed by atoms with Crippen LogP contribution in [0.2, 0.25) is 5.02 Å². The van der Waals surface area contributed by atoms with Gasteiger partial charge in [-0.3, -0.25) is 4.79 Å². The molecule has 0 radical (unpaired) electrons. The van der Waals surface area contributed by atoms with Crippen molar-refractivity contribution in [2.24, 2.45) is 5.41 Å². The lowest BCUT2D eigenvalue weighted by Crippen LogP contribution is -2.29. The third kappa shape index (κ3) is 2.90. The van der Waals surface area contributed by atoms with Crippen LogP contribution in [0.3, 0.4) is 0 Å². The fourth-order valence-electron chi connectivity index (χ4n) is 2.75. The molecule has 114 valence electrons. The van der Waals surface area contributed by atoms with Crippen LogP contribution in [-0.4, -0.2) is 15.8 Å². The van der Waals surface area contributed by atoms with Crippen molar-refractivity contribution in [1.82, 2.24) is 9.97 Å². The van der Waals surface area contributed by atoms with Crippen molar-refractivity contribution in [3.8, 4) is 0 Å². The number of carbonyl (C=O) groups excluding carboxylic acids is 1. The Labute approximate surface area is 133 Å². The molecule has 1 heterocycles. The van der Waals surface area contributed by atoms with Crippen LogP contribution < -0.4 is 11.1 Å². The summed E-state index contributed by atoms with van der Waals surface area (Å²) in [5, 5.41) is 3.70. The zero-order valence-corrected chi connectivity index (χ0v) is 13.2. The Morgan fingerprint density at radius 3 is 2.77 bits per heavy atom. The number of hydrogen-bond donors (Lipinski definition) is 2. The molecule has 0 saturated carbocycles. The number of rotatable bonds is 2. The van der Waals surface area contributed by atoms with E-state index in [2.05, 4.69) is 29.1 Å². The monoisotopic (exact) mass is 316 g/mol. The standard InChI is InChI=1S/C16H17ClN4O/c1-16(2)7-11-13(12(22)8-16)14(18)21-15(20-11)19-10-5-3-4-9(17)6-10/h3-6H,7-8H2,1-2H3,(H3,18,19,20,21). The number of benzene rings is 1. The molecule has 0 saturated heterocycles. The number of hydrogen-bond acceptors (Lipinski definition) is 5. The number of carbonyl (C=O) groups is 1. The van der Waals surface area contributed by atoms with E-state index in [1.807, 2.05) is 12.1 Å². The van der Waals surface area contributed by atoms with E-state index in [4.69, 9.17) is 17.3 Å². The smallest absolute Gasteiger partial charge is 0.229 e. The number of nitrogens with one attached hydrogen (secondary N) is 1. The van der Waals surface area contributed by atoms with Crippen molar-refractivity contribution in [2.75, 3.05) is 11.1 Å². The third-order valence-corrected chi connectivity index (χ3v) is 3.89. The van der Waals surface area contributed by atoms with E-state index < -0.39 is 0 Å². The highest BCUT2D eigenvalue weighted by molar-refractivity contribution is 6.30. The molecule has 5 nitrogen and oxygen atoms in total. The van der Waals surface area contributed by atoms with Crippen molar-refractivity contribution in [1.29, 1.82) is 0 Å². The molecule has 1 aromatic carbocycles. The van der Waals surface area contributed by atoms with Gasteiger partial charge in [-0.15, -0.1) is 0 Å². The number of ketones is 1. The average Bonchev–Trinajstić information content (AvgIpc) is 2.35. The van der Waals surface area contributed by atoms with E-state index >= 15 is 0 Å². The van der Waals surface area contributed by atoms with Gasteiger partial charge in [-0.05, 0) is 30.0 Å². The molecule has 22 heavy (non-hydrogen) atoms. The first kappa shape index (κ1) is 14.8. The van der Waals surface area contributed by atoms with E-state index in [0.717, 1.165) is 5.69 Å². The molecule has 1 aromatic heterocycles. The number of aromatic nitrogens is 2. The molecule has 0 fully saturated rings. The maximum Gasteiger partial charge on any atom is 0.229 e. The molecule has 0 atom stereocenters. The van der Waals surface area contributed by atoms with Gasteiger partial charge in [-0.1, -0.05) is 31.5 Å². The number of nitrogen functional groups attached to an aromatic ring is 1. The number of Topliss-reactive ketones (excluding diaryl/α,β-unsaturated/α-hetero) is 1. The van der Waals surface area contributed by atoms with Crippen LogP contribution in [0.1, 0.15) is 36.3 Å². The second-order valence-electron chi connectivity index (χ2n) is 6.33. The normalized spacial score (nSPS) is 16.2. The molecular weight excluding hydrogens is 300 g/mol. The molecule has 0 bridgehead atoms. The van der Waals surface area contributed by atoms with Gasteiger partial charge in [0.25, 0.3) is 0 Å². The second-order valence-corrected chi connectivity index (χ2v) is 6.77. The van der Waals surface area contributed by atoms with Gasteiger partial charge in [0.15, 0.2) is 5.78 Å². The number of halogens is 1. The van der Waals surface area contributed by atoms with Crippen LogP contribution in [0.5, 0.6) is 0 Å². The summed E-state index contributed by atoms with van der Waals surface area (Å²) in [6.07, 6.45) is 1.17. The molecule has 2 aromatic rings. The van der Waals surface area contributed by atoms with Gasteiger partial charge in [0.1, 0.15) is 5.82 Å². The molecule has 0 spiro atoms. The lowest BCUT2D eigenvalue weighted by Gasteiger charge is -2.29. The van der Waals surface area contributed by atoms with Crippen LogP contribution in [0.15, 0.2) is 24.3 Å². The minimum Gasteiger partial charge on any atom is -0.383 e. The first-order valence-corrected chi connectivity index (χ1v) is 7.44. The molecule has 1 aliphatic rings. The van der Waals surface area contributed by atoms with Crippen LogP contribution in [0.4, 0.5) is 17.5 Å². The largest absolute Gasteiger partial charge is 0.383 e. The summed E-state index contributed by atoms with van der Waals surface area (Å²) >= 11 is 5.96. The fourth-order valence-corrected chi connectivity index (χ4v) is 2.94. The van der Waals surface area contributed by atoms with Gasteiger partial charge in [-0.25, -0.2) is 4.98 Å². The summed E-state index contributed by atoms with van der Waals surface area (Å²) in [6, 6.07) is 7.25. The predicted octanol–water partition coefficient (Wildman–Crippen LogP) is 3.61. The van der Waals surface area contributed by atoms with Gasteiger partial charge in [0.2, 0.25) is 5.95 Å². The number of fused-ring (bicyclic) bond motifs is 1. The minimum absolute atomic E-state index is 0.0121. The molecular formula is C16H17ClN4O. The third-order valence-electron chi connectivity index (χ3n) is 3.66. The van der Waals surface area contributed by atoms with Crippen molar-refractivity contribution in [3.05, 3.63) is 40.5 Å². The van der Waals surface area contributed by atoms with E-state index in [-0.39, 0.29) is 17.0 Å². The number of nitrogens with two attached hydrogens (primary N) is 1. The topological polar surface area (TPSA) is 80.9 Å². The maximum atomic E-state index is 12.2. The van der Waals surface area contributed by atoms with Crippen molar-refractivity contribution < 1.29 is 4.79 Å². The Hall–Kier alpha value is -2.14. The zero-order chi connectivity index (χ0) is 15.9. The van der Waals surface area contributed by atoms with Gasteiger partial charge < -0.3 is 11.1 Å². The van der Waals surface area contributed by atoms with Crippen molar-refractivity contribution in [2.45, 2.75) is 26.7 Å². The Morgan fingerprint density at radius 2 is 2.05 bits per heavy atom. The number of nitrogens with zero attached hydrogens (tertiary/aromatic N) is 2. The Bertz CT molecular complexity index is 758. The van der Waals surface area contributed by atoms with Gasteiger partial charge in [0.05, 0.1) is 11.3 Å². The van der Waals surface area contributed by atoms with Crippen LogP contribution >= 0.6 is 11.6 Å². The quantitative estimate of drug-likeness (QED) is 0.884. The molecule has 0 aliphatic heterocycles. The number of anilines is 3. The fraction of sp³-hybridized carbons (Fsp3) is 0.312. The molecule has 1 aliphatic carbocycles. The molecule has 3 N–H and O–H groups in total. The SMILES string of the molecule is CC1(C)CC(=O)c2c(N)nc(Nc3cccc(Cl)c3)nc2C1. The van der Waals surface area contributed by atoms with Gasteiger partial charge in [0, 0.05) is 17.1 Å². The maximum absolute atomic E-state index is 12.2. The van der Waals surface area contributed by atoms with Crippen LogP contribution in [0.25, 0.3) is 0 Å². The summed E-state index contributed by atoms with van der Waals surface area (Å²) in [7, 11) is 0. The van der Waals surface area contributed by atoms with Crippen LogP contribution in [-0.2, 0) is 6.42 Å². The first-order chi connectivity index (χ1) is 10.3. The van der Waals surface area contributed by atoms with E-state index in [1.165, 1.54) is 0 Å². The Morgan fingerprint density at radius 1 is 1.27 bits per heavy atom. The Balaban J connectivity index is 1.98. The highest BCUT2D eigenvalue weighted by Gasteiger charge is 2.34. The first-order valence-electron chi connectivity index (χ1n) is 7.06. The highest BCUT2D eigenvalue weighted by atomic mass is 35.5. The summed E-state index contributed by atoms with van der Waals surface area (Å²) in [6.45, 7) is 4.10. The van der Waals surface area contributed by atoms with Gasteiger partial charge in [-0.2, -0.15) is 4.98 Å².